The number of hydrogen-bond donors (Lipinski definition) is 0. The molecule has 0 aromatic carbocycles. The van der Waals surface area contributed by atoms with Crippen LogP contribution in [0.4, 0.5) is 0 Å². The molecule has 1 aliphatic rings. The van der Waals surface area contributed by atoms with E-state index in [1.54, 1.807) is 4.90 Å². The summed E-state index contributed by atoms with van der Waals surface area (Å²) < 4.78 is 1.89. The quantitative estimate of drug-likeness (QED) is 0.661. The standard InChI is InChI=1S/C10H14N4O/c1-4-10(15)13-5-9(6-13)14-8(3)11-7(2)12-14/h4,9H,1,5-6H2,2-3H3. The first-order valence-corrected chi connectivity index (χ1v) is 4.93. The van der Waals surface area contributed by atoms with Crippen molar-refractivity contribution in [1.29, 1.82) is 0 Å². The first kappa shape index (κ1) is 9.89. The van der Waals surface area contributed by atoms with Crippen LogP contribution in [-0.2, 0) is 4.79 Å². The van der Waals surface area contributed by atoms with Gasteiger partial charge in [0, 0.05) is 13.1 Å². The van der Waals surface area contributed by atoms with Crippen LogP contribution in [-0.4, -0.2) is 38.7 Å². The Balaban J connectivity index is 2.03. The molecule has 1 aromatic rings. The van der Waals surface area contributed by atoms with E-state index < -0.39 is 0 Å². The minimum atomic E-state index is -0.0132. The van der Waals surface area contributed by atoms with Gasteiger partial charge in [-0.05, 0) is 19.9 Å². The van der Waals surface area contributed by atoms with Gasteiger partial charge in [0.25, 0.3) is 0 Å². The topological polar surface area (TPSA) is 51.0 Å². The van der Waals surface area contributed by atoms with Crippen molar-refractivity contribution in [3.05, 3.63) is 24.3 Å². The molecule has 2 heterocycles. The van der Waals surface area contributed by atoms with E-state index in [9.17, 15) is 4.79 Å². The second-order valence-electron chi connectivity index (χ2n) is 3.75. The Bertz CT molecular complexity index is 404. The lowest BCUT2D eigenvalue weighted by atomic mass is 10.1. The summed E-state index contributed by atoms with van der Waals surface area (Å²) in [5.74, 6) is 1.67. The third-order valence-corrected chi connectivity index (χ3v) is 2.60. The predicted octanol–water partition coefficient (Wildman–Crippen LogP) is 0.464. The number of aryl methyl sites for hydroxylation is 2. The van der Waals surface area contributed by atoms with E-state index in [-0.39, 0.29) is 11.9 Å². The first-order valence-electron chi connectivity index (χ1n) is 4.93. The van der Waals surface area contributed by atoms with Crippen LogP contribution in [0.25, 0.3) is 0 Å². The van der Waals surface area contributed by atoms with E-state index >= 15 is 0 Å². The molecule has 1 aromatic heterocycles. The molecule has 0 aliphatic carbocycles. The van der Waals surface area contributed by atoms with Crippen LogP contribution >= 0.6 is 0 Å². The molecule has 0 atom stereocenters. The maximum Gasteiger partial charge on any atom is 0.246 e. The predicted molar refractivity (Wildman–Crippen MR) is 55.3 cm³/mol. The average molecular weight is 206 g/mol. The monoisotopic (exact) mass is 206 g/mol. The molecule has 0 spiro atoms. The minimum absolute atomic E-state index is 0.0132. The smallest absolute Gasteiger partial charge is 0.246 e. The van der Waals surface area contributed by atoms with E-state index in [1.165, 1.54) is 6.08 Å². The zero-order chi connectivity index (χ0) is 11.0. The highest BCUT2D eigenvalue weighted by molar-refractivity contribution is 5.87. The molecule has 0 radical (unpaired) electrons. The molecule has 5 nitrogen and oxygen atoms in total. The van der Waals surface area contributed by atoms with Crippen LogP contribution in [0.3, 0.4) is 0 Å². The second-order valence-corrected chi connectivity index (χ2v) is 3.75. The van der Waals surface area contributed by atoms with Gasteiger partial charge in [0.1, 0.15) is 11.6 Å². The molecule has 2 rings (SSSR count). The average Bonchev–Trinajstić information content (AvgIpc) is 2.43. The van der Waals surface area contributed by atoms with E-state index in [2.05, 4.69) is 16.7 Å². The highest BCUT2D eigenvalue weighted by atomic mass is 16.2. The number of carbonyl (C=O) groups is 1. The van der Waals surface area contributed by atoms with Crippen molar-refractivity contribution in [1.82, 2.24) is 19.7 Å². The maximum atomic E-state index is 11.2. The van der Waals surface area contributed by atoms with Crippen molar-refractivity contribution < 1.29 is 4.79 Å². The molecular formula is C10H14N4O. The van der Waals surface area contributed by atoms with Gasteiger partial charge in [0.15, 0.2) is 0 Å². The summed E-state index contributed by atoms with van der Waals surface area (Å²) in [6.45, 7) is 8.66. The Labute approximate surface area is 88.4 Å². The van der Waals surface area contributed by atoms with Gasteiger partial charge in [0.2, 0.25) is 5.91 Å². The van der Waals surface area contributed by atoms with E-state index in [0.717, 1.165) is 11.6 Å². The molecule has 1 aliphatic heterocycles. The summed E-state index contributed by atoms with van der Waals surface area (Å²) in [5.41, 5.74) is 0. The fraction of sp³-hybridized carbons (Fsp3) is 0.500. The Morgan fingerprint density at radius 3 is 2.67 bits per heavy atom. The molecule has 0 N–H and O–H groups in total. The maximum absolute atomic E-state index is 11.2. The second kappa shape index (κ2) is 3.49. The Morgan fingerprint density at radius 1 is 1.53 bits per heavy atom. The summed E-state index contributed by atoms with van der Waals surface area (Å²) in [6.07, 6.45) is 1.34. The van der Waals surface area contributed by atoms with Crippen molar-refractivity contribution in [3.63, 3.8) is 0 Å². The summed E-state index contributed by atoms with van der Waals surface area (Å²) >= 11 is 0. The number of hydrogen-bond acceptors (Lipinski definition) is 3. The fourth-order valence-electron chi connectivity index (χ4n) is 1.80. The number of carbonyl (C=O) groups excluding carboxylic acids is 1. The summed E-state index contributed by atoms with van der Waals surface area (Å²) in [7, 11) is 0. The number of nitrogens with zero attached hydrogens (tertiary/aromatic N) is 4. The third-order valence-electron chi connectivity index (χ3n) is 2.60. The van der Waals surface area contributed by atoms with E-state index in [4.69, 9.17) is 0 Å². The Kier molecular flexibility index (Phi) is 2.30. The molecule has 1 amide bonds. The summed E-state index contributed by atoms with van der Waals surface area (Å²) in [6, 6.07) is 0.273. The summed E-state index contributed by atoms with van der Waals surface area (Å²) in [5, 5.41) is 4.29. The van der Waals surface area contributed by atoms with Crippen LogP contribution in [0.1, 0.15) is 17.7 Å². The van der Waals surface area contributed by atoms with Gasteiger partial charge in [-0.3, -0.25) is 4.79 Å². The molecule has 80 valence electrons. The van der Waals surface area contributed by atoms with Crippen LogP contribution in [0.5, 0.6) is 0 Å². The van der Waals surface area contributed by atoms with Gasteiger partial charge >= 0.3 is 0 Å². The van der Waals surface area contributed by atoms with E-state index in [1.807, 2.05) is 18.5 Å². The van der Waals surface area contributed by atoms with Gasteiger partial charge < -0.3 is 4.90 Å². The molecule has 15 heavy (non-hydrogen) atoms. The van der Waals surface area contributed by atoms with Gasteiger partial charge in [-0.1, -0.05) is 6.58 Å². The van der Waals surface area contributed by atoms with Crippen molar-refractivity contribution in [3.8, 4) is 0 Å². The number of aromatic nitrogens is 3. The normalized spacial score (nSPS) is 16.3. The van der Waals surface area contributed by atoms with Crippen LogP contribution in [0.15, 0.2) is 12.7 Å². The molecule has 5 heteroatoms. The van der Waals surface area contributed by atoms with Gasteiger partial charge in [-0.2, -0.15) is 5.10 Å². The van der Waals surface area contributed by atoms with Gasteiger partial charge in [0.05, 0.1) is 6.04 Å². The third kappa shape index (κ3) is 1.65. The number of rotatable bonds is 2. The van der Waals surface area contributed by atoms with Crippen molar-refractivity contribution in [2.75, 3.05) is 13.1 Å². The highest BCUT2D eigenvalue weighted by Crippen LogP contribution is 2.21. The largest absolute Gasteiger partial charge is 0.335 e. The highest BCUT2D eigenvalue weighted by Gasteiger charge is 2.32. The lowest BCUT2D eigenvalue weighted by Gasteiger charge is -2.38. The molecule has 1 fully saturated rings. The van der Waals surface area contributed by atoms with Crippen LogP contribution in [0, 0.1) is 13.8 Å². The Hall–Kier alpha value is -1.65. The lowest BCUT2D eigenvalue weighted by molar-refractivity contribution is -0.131. The zero-order valence-corrected chi connectivity index (χ0v) is 8.97. The molecule has 1 saturated heterocycles. The van der Waals surface area contributed by atoms with Crippen LogP contribution in [0.2, 0.25) is 0 Å². The van der Waals surface area contributed by atoms with Crippen molar-refractivity contribution >= 4 is 5.91 Å². The van der Waals surface area contributed by atoms with Gasteiger partial charge in [-0.15, -0.1) is 0 Å². The first-order chi connectivity index (χ1) is 7.11. The lowest BCUT2D eigenvalue weighted by Crippen LogP contribution is -2.50. The van der Waals surface area contributed by atoms with Gasteiger partial charge in [-0.25, -0.2) is 9.67 Å². The van der Waals surface area contributed by atoms with Crippen molar-refractivity contribution in [2.24, 2.45) is 0 Å². The Morgan fingerprint density at radius 2 is 2.20 bits per heavy atom. The molecule has 0 bridgehead atoms. The molecule has 0 unspecified atom stereocenters. The number of amides is 1. The van der Waals surface area contributed by atoms with Crippen LogP contribution < -0.4 is 0 Å². The SMILES string of the molecule is C=CC(=O)N1CC(n2nc(C)nc2C)C1. The van der Waals surface area contributed by atoms with E-state index in [0.29, 0.717) is 13.1 Å². The number of likely N-dealkylation sites (tertiary alicyclic amines) is 1. The minimum Gasteiger partial charge on any atom is -0.335 e. The zero-order valence-electron chi connectivity index (χ0n) is 8.97. The van der Waals surface area contributed by atoms with Crippen molar-refractivity contribution in [2.45, 2.75) is 19.9 Å². The molecular weight excluding hydrogens is 192 g/mol. The fourth-order valence-corrected chi connectivity index (χ4v) is 1.80. The summed E-state index contributed by atoms with van der Waals surface area (Å²) in [4.78, 5) is 17.2. The molecule has 0 saturated carbocycles.